The van der Waals surface area contributed by atoms with Gasteiger partial charge in [0, 0.05) is 10.6 Å². The lowest BCUT2D eigenvalue weighted by atomic mass is 10.0. The first-order valence-electron chi connectivity index (χ1n) is 9.06. The SMILES string of the molecule is CSc1cccc(NC(=O)CN2C(=O)C(C(C)C)NC(=O)c3ccccc32)c1. The van der Waals surface area contributed by atoms with Crippen molar-refractivity contribution in [3.63, 3.8) is 0 Å². The summed E-state index contributed by atoms with van der Waals surface area (Å²) in [5.74, 6) is -1.02. The van der Waals surface area contributed by atoms with Crippen molar-refractivity contribution in [3.05, 3.63) is 54.1 Å². The molecule has 0 spiro atoms. The monoisotopic (exact) mass is 397 g/mol. The largest absolute Gasteiger partial charge is 0.340 e. The van der Waals surface area contributed by atoms with Crippen LogP contribution in [0.15, 0.2) is 53.4 Å². The molecule has 1 unspecified atom stereocenters. The Bertz CT molecular complexity index is 913. The first-order chi connectivity index (χ1) is 13.4. The molecule has 0 bridgehead atoms. The number of fused-ring (bicyclic) bond motifs is 1. The summed E-state index contributed by atoms with van der Waals surface area (Å²) in [5.41, 5.74) is 1.50. The van der Waals surface area contributed by atoms with Gasteiger partial charge in [0.15, 0.2) is 0 Å². The van der Waals surface area contributed by atoms with Crippen molar-refractivity contribution >= 4 is 40.9 Å². The van der Waals surface area contributed by atoms with Crippen LogP contribution in [-0.4, -0.2) is 36.6 Å². The van der Waals surface area contributed by atoms with E-state index in [1.807, 2.05) is 38.3 Å². The van der Waals surface area contributed by atoms with Crippen molar-refractivity contribution in [2.75, 3.05) is 23.0 Å². The van der Waals surface area contributed by atoms with Crippen molar-refractivity contribution < 1.29 is 14.4 Å². The van der Waals surface area contributed by atoms with E-state index in [0.29, 0.717) is 16.9 Å². The minimum Gasteiger partial charge on any atom is -0.340 e. The Kier molecular flexibility index (Phi) is 6.04. The molecular weight excluding hydrogens is 374 g/mol. The molecule has 3 rings (SSSR count). The van der Waals surface area contributed by atoms with E-state index in [4.69, 9.17) is 0 Å². The number of benzene rings is 2. The summed E-state index contributed by atoms with van der Waals surface area (Å²) < 4.78 is 0. The number of nitrogens with zero attached hydrogens (tertiary/aromatic N) is 1. The zero-order valence-corrected chi connectivity index (χ0v) is 16.9. The second-order valence-corrected chi connectivity index (χ2v) is 7.80. The maximum Gasteiger partial charge on any atom is 0.254 e. The van der Waals surface area contributed by atoms with Gasteiger partial charge in [-0.05, 0) is 42.5 Å². The zero-order valence-electron chi connectivity index (χ0n) is 16.1. The molecule has 0 radical (unpaired) electrons. The van der Waals surface area contributed by atoms with Crippen molar-refractivity contribution in [1.29, 1.82) is 0 Å². The van der Waals surface area contributed by atoms with Gasteiger partial charge in [-0.1, -0.05) is 32.0 Å². The molecule has 1 aliphatic rings. The van der Waals surface area contributed by atoms with E-state index in [-0.39, 0.29) is 30.2 Å². The standard InChI is InChI=1S/C21H23N3O3S/c1-13(2)19-21(27)24(17-10-5-4-9-16(17)20(26)23-19)12-18(25)22-14-7-6-8-15(11-14)28-3/h4-11,13,19H,12H2,1-3H3,(H,22,25)(H,23,26). The Morgan fingerprint density at radius 3 is 2.64 bits per heavy atom. The summed E-state index contributed by atoms with van der Waals surface area (Å²) >= 11 is 1.58. The number of amides is 3. The van der Waals surface area contributed by atoms with Gasteiger partial charge in [-0.25, -0.2) is 0 Å². The quantitative estimate of drug-likeness (QED) is 0.760. The van der Waals surface area contributed by atoms with Gasteiger partial charge in [0.05, 0.1) is 11.3 Å². The van der Waals surface area contributed by atoms with Crippen LogP contribution in [0.4, 0.5) is 11.4 Å². The van der Waals surface area contributed by atoms with Gasteiger partial charge in [0.1, 0.15) is 12.6 Å². The predicted octanol–water partition coefficient (Wildman–Crippen LogP) is 3.15. The van der Waals surface area contributed by atoms with E-state index < -0.39 is 6.04 Å². The number of para-hydroxylation sites is 1. The lowest BCUT2D eigenvalue weighted by Crippen LogP contribution is -2.50. The second kappa shape index (κ2) is 8.48. The smallest absolute Gasteiger partial charge is 0.254 e. The van der Waals surface area contributed by atoms with Gasteiger partial charge >= 0.3 is 0 Å². The molecule has 3 amide bonds. The topological polar surface area (TPSA) is 78.5 Å². The van der Waals surface area contributed by atoms with E-state index in [1.54, 1.807) is 42.1 Å². The van der Waals surface area contributed by atoms with Crippen LogP contribution in [0.1, 0.15) is 24.2 Å². The molecule has 6 nitrogen and oxygen atoms in total. The molecule has 2 aromatic carbocycles. The maximum absolute atomic E-state index is 13.1. The van der Waals surface area contributed by atoms with Crippen LogP contribution in [0.3, 0.4) is 0 Å². The molecule has 0 fully saturated rings. The average molecular weight is 398 g/mol. The number of anilines is 2. The van der Waals surface area contributed by atoms with Gasteiger partial charge in [0.2, 0.25) is 11.8 Å². The number of nitrogens with one attached hydrogen (secondary N) is 2. The predicted molar refractivity (Wildman–Crippen MR) is 112 cm³/mol. The summed E-state index contributed by atoms with van der Waals surface area (Å²) in [6, 6.07) is 13.7. The third kappa shape index (κ3) is 4.20. The highest BCUT2D eigenvalue weighted by molar-refractivity contribution is 7.98. The van der Waals surface area contributed by atoms with Gasteiger partial charge in [-0.2, -0.15) is 0 Å². The minimum atomic E-state index is -0.687. The van der Waals surface area contributed by atoms with Crippen LogP contribution in [-0.2, 0) is 9.59 Å². The first-order valence-corrected chi connectivity index (χ1v) is 10.3. The Morgan fingerprint density at radius 2 is 1.93 bits per heavy atom. The van der Waals surface area contributed by atoms with Crippen LogP contribution in [0.25, 0.3) is 0 Å². The van der Waals surface area contributed by atoms with E-state index in [2.05, 4.69) is 10.6 Å². The maximum atomic E-state index is 13.1. The van der Waals surface area contributed by atoms with Crippen molar-refractivity contribution in [1.82, 2.24) is 5.32 Å². The van der Waals surface area contributed by atoms with Crippen LogP contribution in [0, 0.1) is 5.92 Å². The number of hydrogen-bond donors (Lipinski definition) is 2. The number of thioether (sulfide) groups is 1. The second-order valence-electron chi connectivity index (χ2n) is 6.92. The number of carbonyl (C=O) groups excluding carboxylic acids is 3. The first kappa shape index (κ1) is 19.9. The number of carbonyl (C=O) groups is 3. The lowest BCUT2D eigenvalue weighted by molar-refractivity contribution is -0.123. The molecular formula is C21H23N3O3S. The van der Waals surface area contributed by atoms with Gasteiger partial charge in [-0.3, -0.25) is 14.4 Å². The molecule has 1 heterocycles. The highest BCUT2D eigenvalue weighted by atomic mass is 32.2. The molecule has 0 aromatic heterocycles. The fourth-order valence-corrected chi connectivity index (χ4v) is 3.59. The molecule has 0 saturated heterocycles. The summed E-state index contributed by atoms with van der Waals surface area (Å²) in [5, 5.41) is 5.63. The van der Waals surface area contributed by atoms with E-state index in [9.17, 15) is 14.4 Å². The summed E-state index contributed by atoms with van der Waals surface area (Å²) in [4.78, 5) is 40.8. The Hall–Kier alpha value is -2.80. The molecule has 1 atom stereocenters. The molecule has 1 aliphatic heterocycles. The van der Waals surface area contributed by atoms with E-state index in [1.165, 1.54) is 4.90 Å². The summed E-state index contributed by atoms with van der Waals surface area (Å²) in [6.45, 7) is 3.56. The zero-order chi connectivity index (χ0) is 20.3. The van der Waals surface area contributed by atoms with Crippen LogP contribution < -0.4 is 15.5 Å². The van der Waals surface area contributed by atoms with Crippen LogP contribution in [0.2, 0.25) is 0 Å². The molecule has 0 aliphatic carbocycles. The molecule has 28 heavy (non-hydrogen) atoms. The van der Waals surface area contributed by atoms with Crippen LogP contribution in [0.5, 0.6) is 0 Å². The normalized spacial score (nSPS) is 16.4. The lowest BCUT2D eigenvalue weighted by Gasteiger charge is -2.26. The highest BCUT2D eigenvalue weighted by Crippen LogP contribution is 2.26. The highest BCUT2D eigenvalue weighted by Gasteiger charge is 2.36. The van der Waals surface area contributed by atoms with E-state index in [0.717, 1.165) is 4.90 Å². The molecule has 7 heteroatoms. The molecule has 2 aromatic rings. The number of hydrogen-bond acceptors (Lipinski definition) is 4. The Balaban J connectivity index is 1.88. The molecule has 0 saturated carbocycles. The summed E-state index contributed by atoms with van der Waals surface area (Å²) in [7, 11) is 0. The summed E-state index contributed by atoms with van der Waals surface area (Å²) in [6.07, 6.45) is 1.96. The minimum absolute atomic E-state index is 0.102. The molecule has 2 N–H and O–H groups in total. The third-order valence-corrected chi connectivity index (χ3v) is 5.31. The van der Waals surface area contributed by atoms with Gasteiger partial charge in [-0.15, -0.1) is 11.8 Å². The fraction of sp³-hybridized carbons (Fsp3) is 0.286. The van der Waals surface area contributed by atoms with Crippen molar-refractivity contribution in [2.24, 2.45) is 5.92 Å². The third-order valence-electron chi connectivity index (χ3n) is 4.58. The van der Waals surface area contributed by atoms with Crippen molar-refractivity contribution in [3.8, 4) is 0 Å². The van der Waals surface area contributed by atoms with Crippen molar-refractivity contribution in [2.45, 2.75) is 24.8 Å². The molecule has 146 valence electrons. The van der Waals surface area contributed by atoms with Crippen LogP contribution >= 0.6 is 11.8 Å². The average Bonchev–Trinajstić information content (AvgIpc) is 2.78. The Morgan fingerprint density at radius 1 is 1.18 bits per heavy atom. The van der Waals surface area contributed by atoms with E-state index >= 15 is 0 Å². The Labute approximate surface area is 168 Å². The van der Waals surface area contributed by atoms with Gasteiger partial charge < -0.3 is 15.5 Å². The van der Waals surface area contributed by atoms with Gasteiger partial charge in [0.25, 0.3) is 5.91 Å². The fourth-order valence-electron chi connectivity index (χ4n) is 3.13. The number of rotatable bonds is 5.